The van der Waals surface area contributed by atoms with Gasteiger partial charge in [0.1, 0.15) is 0 Å². The Morgan fingerprint density at radius 3 is 2.62 bits per heavy atom. The summed E-state index contributed by atoms with van der Waals surface area (Å²) >= 11 is 13.3. The van der Waals surface area contributed by atoms with Crippen LogP contribution in [0.1, 0.15) is 49.9 Å². The summed E-state index contributed by atoms with van der Waals surface area (Å²) < 4.78 is 0. The summed E-state index contributed by atoms with van der Waals surface area (Å²) in [6, 6.07) is 4.48. The SMILES string of the molecule is C=C(NC(C)c1ccc(C2CN=CC(C)=N2)c(Cl)c1Cl)N(C)C1CCN(C)CC1. The van der Waals surface area contributed by atoms with E-state index in [1.165, 1.54) is 0 Å². The number of nitrogens with one attached hydrogen (secondary N) is 1. The van der Waals surface area contributed by atoms with E-state index in [2.05, 4.69) is 52.7 Å². The Bertz CT molecular complexity index is 812. The zero-order valence-corrected chi connectivity index (χ0v) is 19.3. The lowest BCUT2D eigenvalue weighted by Gasteiger charge is -2.38. The predicted octanol–water partition coefficient (Wildman–Crippen LogP) is 4.73. The number of benzene rings is 1. The molecule has 1 N–H and O–H groups in total. The van der Waals surface area contributed by atoms with Gasteiger partial charge in [0.25, 0.3) is 0 Å². The van der Waals surface area contributed by atoms with Gasteiger partial charge in [-0.3, -0.25) is 9.98 Å². The molecule has 0 aliphatic carbocycles. The van der Waals surface area contributed by atoms with Crippen LogP contribution in [-0.2, 0) is 0 Å². The first-order valence-electron chi connectivity index (χ1n) is 10.2. The van der Waals surface area contributed by atoms with Crippen LogP contribution in [0.2, 0.25) is 10.0 Å². The maximum atomic E-state index is 6.67. The first kappa shape index (κ1) is 22.1. The Hall–Kier alpha value is -1.56. The molecular weight excluding hydrogens is 405 g/mol. The molecule has 5 nitrogen and oxygen atoms in total. The highest BCUT2D eigenvalue weighted by molar-refractivity contribution is 6.43. The van der Waals surface area contributed by atoms with Gasteiger partial charge in [-0.15, -0.1) is 0 Å². The van der Waals surface area contributed by atoms with Gasteiger partial charge in [0.2, 0.25) is 0 Å². The molecule has 0 radical (unpaired) electrons. The zero-order chi connectivity index (χ0) is 21.1. The lowest BCUT2D eigenvalue weighted by molar-refractivity contribution is 0.163. The lowest BCUT2D eigenvalue weighted by Crippen LogP contribution is -2.44. The third-order valence-electron chi connectivity index (χ3n) is 5.93. The van der Waals surface area contributed by atoms with Crippen molar-refractivity contribution in [2.75, 3.05) is 33.7 Å². The largest absolute Gasteiger partial charge is 0.366 e. The lowest BCUT2D eigenvalue weighted by atomic mass is 10.0. The topological polar surface area (TPSA) is 43.2 Å². The van der Waals surface area contributed by atoms with Gasteiger partial charge >= 0.3 is 0 Å². The number of likely N-dealkylation sites (tertiary alicyclic amines) is 1. The highest BCUT2D eigenvalue weighted by Gasteiger charge is 2.24. The van der Waals surface area contributed by atoms with Gasteiger partial charge in [0.05, 0.1) is 40.2 Å². The summed E-state index contributed by atoms with van der Waals surface area (Å²) in [5, 5.41) is 4.63. The van der Waals surface area contributed by atoms with Gasteiger partial charge in [-0.05, 0) is 58.0 Å². The van der Waals surface area contributed by atoms with E-state index in [4.69, 9.17) is 23.2 Å². The van der Waals surface area contributed by atoms with E-state index < -0.39 is 0 Å². The van der Waals surface area contributed by atoms with Crippen molar-refractivity contribution in [3.05, 3.63) is 45.7 Å². The van der Waals surface area contributed by atoms with Crippen LogP contribution in [0.15, 0.2) is 34.5 Å². The molecule has 7 heteroatoms. The molecule has 0 saturated carbocycles. The standard InChI is InChI=1S/C22H31Cl2N5/c1-14-12-25-13-20(26-14)19-7-6-18(21(23)22(19)24)15(2)27-16(3)29(5)17-8-10-28(4)11-9-17/h6-7,12,15,17,20,27H,3,8-11,13H2,1-2,4-5H3. The maximum Gasteiger partial charge on any atom is 0.0962 e. The van der Waals surface area contributed by atoms with Crippen LogP contribution >= 0.6 is 23.2 Å². The summed E-state index contributed by atoms with van der Waals surface area (Å²) in [6.07, 6.45) is 4.08. The minimum atomic E-state index is -0.0761. The van der Waals surface area contributed by atoms with Gasteiger partial charge in [0.15, 0.2) is 0 Å². The summed E-state index contributed by atoms with van der Waals surface area (Å²) in [5.41, 5.74) is 2.78. The molecule has 2 aliphatic heterocycles. The molecule has 1 aromatic rings. The molecule has 2 aliphatic rings. The Balaban J connectivity index is 1.69. The van der Waals surface area contributed by atoms with E-state index in [0.29, 0.717) is 22.6 Å². The van der Waals surface area contributed by atoms with Crippen LogP contribution in [-0.4, -0.2) is 61.5 Å². The van der Waals surface area contributed by atoms with Crippen LogP contribution in [0, 0.1) is 0 Å². The quantitative estimate of drug-likeness (QED) is 0.702. The molecule has 0 bridgehead atoms. The second-order valence-corrected chi connectivity index (χ2v) is 8.87. The molecule has 2 unspecified atom stereocenters. The van der Waals surface area contributed by atoms with Crippen molar-refractivity contribution in [1.29, 1.82) is 0 Å². The fourth-order valence-electron chi connectivity index (χ4n) is 3.98. The van der Waals surface area contributed by atoms with Crippen molar-refractivity contribution < 1.29 is 0 Å². The number of halogens is 2. The van der Waals surface area contributed by atoms with Crippen LogP contribution in [0.5, 0.6) is 0 Å². The monoisotopic (exact) mass is 435 g/mol. The van der Waals surface area contributed by atoms with E-state index in [9.17, 15) is 0 Å². The number of rotatable bonds is 6. The fourth-order valence-corrected chi connectivity index (χ4v) is 4.61. The number of nitrogens with zero attached hydrogens (tertiary/aromatic N) is 4. The summed E-state index contributed by atoms with van der Waals surface area (Å²) in [4.78, 5) is 13.6. The van der Waals surface area contributed by atoms with Gasteiger partial charge < -0.3 is 15.1 Å². The molecular formula is C22H31Cl2N5. The average molecular weight is 436 g/mol. The summed E-state index contributed by atoms with van der Waals surface area (Å²) in [5.74, 6) is 0.908. The summed E-state index contributed by atoms with van der Waals surface area (Å²) in [6.45, 7) is 11.1. The maximum absolute atomic E-state index is 6.67. The van der Waals surface area contributed by atoms with Gasteiger partial charge in [-0.1, -0.05) is 41.9 Å². The molecule has 0 spiro atoms. The molecule has 29 heavy (non-hydrogen) atoms. The Morgan fingerprint density at radius 1 is 1.28 bits per heavy atom. The molecule has 0 amide bonds. The third kappa shape index (κ3) is 5.14. The molecule has 1 saturated heterocycles. The number of hydrogen-bond donors (Lipinski definition) is 1. The number of piperidine rings is 1. The normalized spacial score (nSPS) is 21.6. The van der Waals surface area contributed by atoms with E-state index in [0.717, 1.165) is 48.6 Å². The summed E-state index contributed by atoms with van der Waals surface area (Å²) in [7, 11) is 4.28. The average Bonchev–Trinajstić information content (AvgIpc) is 2.69. The Kier molecular flexibility index (Phi) is 7.25. The third-order valence-corrected chi connectivity index (χ3v) is 6.84. The van der Waals surface area contributed by atoms with E-state index in [-0.39, 0.29) is 12.1 Å². The molecule has 158 valence electrons. The van der Waals surface area contributed by atoms with Gasteiger partial charge in [-0.25, -0.2) is 0 Å². The number of hydrogen-bond acceptors (Lipinski definition) is 5. The first-order valence-corrected chi connectivity index (χ1v) is 10.9. The second-order valence-electron chi connectivity index (χ2n) is 8.11. The van der Waals surface area contributed by atoms with Gasteiger partial charge in [0, 0.05) is 19.3 Å². The molecule has 2 heterocycles. The van der Waals surface area contributed by atoms with Crippen molar-refractivity contribution in [1.82, 2.24) is 15.1 Å². The smallest absolute Gasteiger partial charge is 0.0962 e. The van der Waals surface area contributed by atoms with Crippen molar-refractivity contribution >= 4 is 35.1 Å². The highest BCUT2D eigenvalue weighted by Crippen LogP contribution is 2.37. The number of aliphatic imine (C=N–C) groups is 2. The van der Waals surface area contributed by atoms with Crippen molar-refractivity contribution in [2.24, 2.45) is 9.98 Å². The van der Waals surface area contributed by atoms with E-state index in [1.807, 2.05) is 19.1 Å². The molecule has 3 rings (SSSR count). The van der Waals surface area contributed by atoms with Crippen molar-refractivity contribution in [2.45, 2.75) is 44.8 Å². The van der Waals surface area contributed by atoms with Gasteiger partial charge in [-0.2, -0.15) is 0 Å². The van der Waals surface area contributed by atoms with E-state index >= 15 is 0 Å². The highest BCUT2D eigenvalue weighted by atomic mass is 35.5. The van der Waals surface area contributed by atoms with E-state index in [1.54, 1.807) is 6.21 Å². The molecule has 2 atom stereocenters. The van der Waals surface area contributed by atoms with Crippen LogP contribution in [0.3, 0.4) is 0 Å². The molecule has 1 aromatic carbocycles. The predicted molar refractivity (Wildman–Crippen MR) is 125 cm³/mol. The van der Waals surface area contributed by atoms with Crippen LogP contribution in [0.4, 0.5) is 0 Å². The second kappa shape index (κ2) is 9.50. The van der Waals surface area contributed by atoms with Crippen molar-refractivity contribution in [3.8, 4) is 0 Å². The van der Waals surface area contributed by atoms with Crippen LogP contribution in [0.25, 0.3) is 0 Å². The minimum absolute atomic E-state index is 0.00937. The van der Waals surface area contributed by atoms with Crippen LogP contribution < -0.4 is 5.32 Å². The minimum Gasteiger partial charge on any atom is -0.366 e. The molecule has 0 aromatic heterocycles. The van der Waals surface area contributed by atoms with Crippen molar-refractivity contribution in [3.63, 3.8) is 0 Å². The Morgan fingerprint density at radius 2 is 1.97 bits per heavy atom. The Labute approximate surface area is 184 Å². The molecule has 1 fully saturated rings. The first-order chi connectivity index (χ1) is 13.8. The zero-order valence-electron chi connectivity index (χ0n) is 17.8. The fraction of sp³-hybridized carbons (Fsp3) is 0.545.